The molecule has 2 heterocycles. The summed E-state index contributed by atoms with van der Waals surface area (Å²) in [6, 6.07) is 18.5. The smallest absolute Gasteiger partial charge is 0.291 e. The maximum Gasteiger partial charge on any atom is 0.291 e. The van der Waals surface area contributed by atoms with Gasteiger partial charge in [0.1, 0.15) is 5.58 Å². The Morgan fingerprint density at radius 1 is 1.07 bits per heavy atom. The number of nitrogens with one attached hydrogen (secondary N) is 1. The lowest BCUT2D eigenvalue weighted by Crippen LogP contribution is -2.25. The fourth-order valence-corrected chi connectivity index (χ4v) is 3.75. The first kappa shape index (κ1) is 15.6. The van der Waals surface area contributed by atoms with E-state index in [2.05, 4.69) is 5.32 Å². The van der Waals surface area contributed by atoms with E-state index in [0.29, 0.717) is 23.4 Å². The van der Waals surface area contributed by atoms with E-state index in [-0.39, 0.29) is 17.6 Å². The van der Waals surface area contributed by atoms with Gasteiger partial charge < -0.3 is 14.6 Å². The third kappa shape index (κ3) is 2.25. The summed E-state index contributed by atoms with van der Waals surface area (Å²) in [5.41, 5.74) is 2.89. The number of anilines is 2. The molecule has 4 aromatic rings. The predicted molar refractivity (Wildman–Crippen MR) is 105 cm³/mol. The molecule has 27 heavy (non-hydrogen) atoms. The molecular weight excluding hydrogens is 340 g/mol. The molecule has 132 valence electrons. The van der Waals surface area contributed by atoms with Gasteiger partial charge in [0.15, 0.2) is 5.76 Å². The molecule has 0 spiro atoms. The van der Waals surface area contributed by atoms with E-state index in [1.165, 1.54) is 0 Å². The quantitative estimate of drug-likeness (QED) is 0.572. The number of benzene rings is 3. The topological polar surface area (TPSA) is 62.6 Å². The summed E-state index contributed by atoms with van der Waals surface area (Å²) in [7, 11) is 0. The number of nitrogens with zero attached hydrogens (tertiary/aromatic N) is 1. The zero-order valence-corrected chi connectivity index (χ0v) is 14.7. The van der Waals surface area contributed by atoms with Gasteiger partial charge in [-0.25, -0.2) is 0 Å². The van der Waals surface area contributed by atoms with Gasteiger partial charge in [-0.15, -0.1) is 0 Å². The molecular formula is C22H16N2O3. The van der Waals surface area contributed by atoms with Gasteiger partial charge in [0.2, 0.25) is 0 Å². The number of carbonyl (C=O) groups is 2. The van der Waals surface area contributed by atoms with Crippen LogP contribution in [0.1, 0.15) is 27.8 Å². The van der Waals surface area contributed by atoms with Gasteiger partial charge in [0.25, 0.3) is 11.8 Å². The average molecular weight is 356 g/mol. The van der Waals surface area contributed by atoms with E-state index in [1.54, 1.807) is 11.0 Å². The maximum atomic E-state index is 12.7. The number of amides is 2. The molecule has 0 bridgehead atoms. The van der Waals surface area contributed by atoms with Crippen molar-refractivity contribution in [2.45, 2.75) is 6.92 Å². The fraction of sp³-hybridized carbons (Fsp3) is 0.0909. The number of furan rings is 1. The number of rotatable bonds is 3. The van der Waals surface area contributed by atoms with Crippen LogP contribution in [0.3, 0.4) is 0 Å². The van der Waals surface area contributed by atoms with E-state index in [4.69, 9.17) is 4.42 Å². The van der Waals surface area contributed by atoms with Crippen LogP contribution in [-0.2, 0) is 0 Å². The SMILES string of the molecule is CCN1C(=O)c2cccc3c(NC(=O)c4cc5ccccc5o4)ccc1c23. The molecule has 1 aliphatic rings. The number of carbonyl (C=O) groups excluding carboxylic acids is 2. The summed E-state index contributed by atoms with van der Waals surface area (Å²) in [4.78, 5) is 27.1. The van der Waals surface area contributed by atoms with Crippen molar-refractivity contribution in [2.24, 2.45) is 0 Å². The number of hydrogen-bond donors (Lipinski definition) is 1. The summed E-state index contributed by atoms with van der Waals surface area (Å²) >= 11 is 0. The first-order valence-corrected chi connectivity index (χ1v) is 8.85. The second kappa shape index (κ2) is 5.71. The van der Waals surface area contributed by atoms with Gasteiger partial charge in [0.05, 0.1) is 5.69 Å². The van der Waals surface area contributed by atoms with Crippen LogP contribution in [0.5, 0.6) is 0 Å². The lowest BCUT2D eigenvalue weighted by atomic mass is 10.0. The van der Waals surface area contributed by atoms with Crippen molar-refractivity contribution in [1.29, 1.82) is 0 Å². The molecule has 1 aromatic heterocycles. The fourth-order valence-electron chi connectivity index (χ4n) is 3.75. The van der Waals surface area contributed by atoms with Gasteiger partial charge in [-0.3, -0.25) is 9.59 Å². The second-order valence-corrected chi connectivity index (χ2v) is 6.51. The molecule has 5 heteroatoms. The van der Waals surface area contributed by atoms with Crippen LogP contribution < -0.4 is 10.2 Å². The van der Waals surface area contributed by atoms with Crippen molar-refractivity contribution in [3.05, 3.63) is 72.0 Å². The predicted octanol–water partition coefficient (Wildman–Crippen LogP) is 4.82. The number of fused-ring (bicyclic) bond motifs is 1. The minimum atomic E-state index is -0.316. The highest BCUT2D eigenvalue weighted by atomic mass is 16.3. The summed E-state index contributed by atoms with van der Waals surface area (Å²) in [6.45, 7) is 2.56. The van der Waals surface area contributed by atoms with Crippen molar-refractivity contribution in [3.8, 4) is 0 Å². The van der Waals surface area contributed by atoms with Crippen LogP contribution >= 0.6 is 0 Å². The molecule has 2 amide bonds. The van der Waals surface area contributed by atoms with Crippen LogP contribution in [0.15, 0.2) is 65.1 Å². The molecule has 0 unspecified atom stereocenters. The van der Waals surface area contributed by atoms with E-state index < -0.39 is 0 Å². The highest BCUT2D eigenvalue weighted by Crippen LogP contribution is 2.40. The van der Waals surface area contributed by atoms with Crippen molar-refractivity contribution in [1.82, 2.24) is 0 Å². The first-order valence-electron chi connectivity index (χ1n) is 8.85. The van der Waals surface area contributed by atoms with E-state index in [9.17, 15) is 9.59 Å². The number of para-hydroxylation sites is 1. The highest BCUT2D eigenvalue weighted by molar-refractivity contribution is 6.27. The lowest BCUT2D eigenvalue weighted by Gasteiger charge is -2.15. The first-order chi connectivity index (χ1) is 13.2. The van der Waals surface area contributed by atoms with E-state index in [0.717, 1.165) is 21.8 Å². The molecule has 0 fully saturated rings. The van der Waals surface area contributed by atoms with E-state index in [1.807, 2.05) is 61.5 Å². The zero-order chi connectivity index (χ0) is 18.5. The Balaban J connectivity index is 1.57. The second-order valence-electron chi connectivity index (χ2n) is 6.51. The van der Waals surface area contributed by atoms with Gasteiger partial charge in [-0.2, -0.15) is 0 Å². The molecule has 5 rings (SSSR count). The van der Waals surface area contributed by atoms with Gasteiger partial charge in [-0.1, -0.05) is 30.3 Å². The highest BCUT2D eigenvalue weighted by Gasteiger charge is 2.29. The normalized spacial score (nSPS) is 12.9. The Morgan fingerprint density at radius 2 is 1.93 bits per heavy atom. The summed E-state index contributed by atoms with van der Waals surface area (Å²) in [6.07, 6.45) is 0. The summed E-state index contributed by atoms with van der Waals surface area (Å²) < 4.78 is 5.65. The Kier molecular flexibility index (Phi) is 3.31. The van der Waals surface area contributed by atoms with Crippen LogP contribution in [0.4, 0.5) is 11.4 Å². The molecule has 0 radical (unpaired) electrons. The minimum absolute atomic E-state index is 0.00105. The molecule has 1 aliphatic heterocycles. The Hall–Kier alpha value is -3.60. The van der Waals surface area contributed by atoms with Gasteiger partial charge in [0, 0.05) is 34.0 Å². The largest absolute Gasteiger partial charge is 0.451 e. The molecule has 5 nitrogen and oxygen atoms in total. The summed E-state index contributed by atoms with van der Waals surface area (Å²) in [5.74, 6) is -0.0619. The Bertz CT molecular complexity index is 1210. The molecule has 0 saturated carbocycles. The average Bonchev–Trinajstić information content (AvgIpc) is 3.24. The maximum absolute atomic E-state index is 12.7. The standard InChI is InChI=1S/C22H16N2O3/c1-2-24-17-11-10-16(14-7-5-8-15(20(14)17)22(24)26)23-21(25)19-12-13-6-3-4-9-18(13)27-19/h3-12H,2H2,1H3,(H,23,25). The van der Waals surface area contributed by atoms with Crippen LogP contribution in [0.25, 0.3) is 21.7 Å². The van der Waals surface area contributed by atoms with Crippen molar-refractivity contribution in [2.75, 3.05) is 16.8 Å². The summed E-state index contributed by atoms with van der Waals surface area (Å²) in [5, 5.41) is 5.54. The van der Waals surface area contributed by atoms with Crippen LogP contribution in [-0.4, -0.2) is 18.4 Å². The van der Waals surface area contributed by atoms with Crippen molar-refractivity contribution >= 4 is 44.9 Å². The van der Waals surface area contributed by atoms with Gasteiger partial charge >= 0.3 is 0 Å². The molecule has 0 saturated heterocycles. The van der Waals surface area contributed by atoms with Crippen LogP contribution in [0.2, 0.25) is 0 Å². The van der Waals surface area contributed by atoms with Crippen molar-refractivity contribution in [3.63, 3.8) is 0 Å². The monoisotopic (exact) mass is 356 g/mol. The number of hydrogen-bond acceptors (Lipinski definition) is 3. The molecule has 0 aliphatic carbocycles. The zero-order valence-electron chi connectivity index (χ0n) is 14.7. The Morgan fingerprint density at radius 3 is 2.74 bits per heavy atom. The molecule has 1 N–H and O–H groups in total. The minimum Gasteiger partial charge on any atom is -0.451 e. The van der Waals surface area contributed by atoms with E-state index >= 15 is 0 Å². The third-order valence-corrected chi connectivity index (χ3v) is 5.00. The molecule has 3 aromatic carbocycles. The van der Waals surface area contributed by atoms with Gasteiger partial charge in [-0.05, 0) is 37.3 Å². The lowest BCUT2D eigenvalue weighted by molar-refractivity contribution is 0.0989. The molecule has 0 atom stereocenters. The van der Waals surface area contributed by atoms with Crippen molar-refractivity contribution < 1.29 is 14.0 Å². The van der Waals surface area contributed by atoms with Crippen LogP contribution in [0, 0.1) is 0 Å². The Labute approximate surface area is 155 Å². The third-order valence-electron chi connectivity index (χ3n) is 5.00.